The van der Waals surface area contributed by atoms with Gasteiger partial charge in [-0.1, -0.05) is 0 Å². The van der Waals surface area contributed by atoms with E-state index in [1.807, 2.05) is 13.1 Å². The Hall–Kier alpha value is -2.61. The standard InChI is InChI=1S/C16H20N4O4/c1-10-7-11(21)8-15(23)20(10)9-14(22)18-12-4-6-24-16(12)13-3-5-17-19(13)2/h3,5,7-8,12,16,21H,4,6,9H2,1-2H3,(H,18,22)/t12-,16-/m0/s1. The maximum absolute atomic E-state index is 12.3. The highest BCUT2D eigenvalue weighted by molar-refractivity contribution is 5.76. The van der Waals surface area contributed by atoms with Crippen LogP contribution in [0.4, 0.5) is 0 Å². The quantitative estimate of drug-likeness (QED) is 0.836. The number of rotatable bonds is 4. The van der Waals surface area contributed by atoms with E-state index in [0.717, 1.165) is 11.8 Å². The first-order chi connectivity index (χ1) is 11.5. The van der Waals surface area contributed by atoms with Crippen molar-refractivity contribution in [3.63, 3.8) is 0 Å². The molecule has 0 spiro atoms. The number of aromatic hydroxyl groups is 1. The third-order valence-corrected chi connectivity index (χ3v) is 4.21. The number of nitrogens with zero attached hydrogens (tertiary/aromatic N) is 3. The molecule has 0 radical (unpaired) electrons. The molecule has 0 saturated carbocycles. The number of pyridine rings is 1. The van der Waals surface area contributed by atoms with Gasteiger partial charge in [0.15, 0.2) is 0 Å². The van der Waals surface area contributed by atoms with Gasteiger partial charge in [-0.2, -0.15) is 5.10 Å². The van der Waals surface area contributed by atoms with Gasteiger partial charge in [0, 0.05) is 31.6 Å². The summed E-state index contributed by atoms with van der Waals surface area (Å²) in [4.78, 5) is 24.3. The average Bonchev–Trinajstić information content (AvgIpc) is 3.11. The second-order valence-corrected chi connectivity index (χ2v) is 5.91. The summed E-state index contributed by atoms with van der Waals surface area (Å²) in [5.74, 6) is -0.372. The Kier molecular flexibility index (Phi) is 4.39. The predicted octanol–water partition coefficient (Wildman–Crippen LogP) is 0.242. The first-order valence-electron chi connectivity index (χ1n) is 7.75. The Morgan fingerprint density at radius 2 is 2.29 bits per heavy atom. The lowest BCUT2D eigenvalue weighted by molar-refractivity contribution is -0.122. The van der Waals surface area contributed by atoms with Crippen molar-refractivity contribution in [1.82, 2.24) is 19.7 Å². The fourth-order valence-corrected chi connectivity index (χ4v) is 3.00. The monoisotopic (exact) mass is 332 g/mol. The molecule has 1 fully saturated rings. The smallest absolute Gasteiger partial charge is 0.254 e. The summed E-state index contributed by atoms with van der Waals surface area (Å²) in [5, 5.41) is 16.5. The molecule has 1 saturated heterocycles. The SMILES string of the molecule is Cc1cc(O)cc(=O)n1CC(=O)N[C@H]1CCO[C@@H]1c1ccnn1C. The van der Waals surface area contributed by atoms with Crippen LogP contribution in [0, 0.1) is 6.92 Å². The van der Waals surface area contributed by atoms with Crippen molar-refractivity contribution >= 4 is 5.91 Å². The van der Waals surface area contributed by atoms with Gasteiger partial charge in [0.2, 0.25) is 5.91 Å². The summed E-state index contributed by atoms with van der Waals surface area (Å²) >= 11 is 0. The summed E-state index contributed by atoms with van der Waals surface area (Å²) in [6.07, 6.45) is 2.14. The van der Waals surface area contributed by atoms with Crippen LogP contribution in [0.1, 0.15) is 23.9 Å². The fraction of sp³-hybridized carbons (Fsp3) is 0.438. The zero-order chi connectivity index (χ0) is 17.3. The average molecular weight is 332 g/mol. The molecule has 2 atom stereocenters. The van der Waals surface area contributed by atoms with Crippen molar-refractivity contribution in [1.29, 1.82) is 0 Å². The molecule has 1 amide bonds. The number of carbonyl (C=O) groups excluding carboxylic acids is 1. The van der Waals surface area contributed by atoms with Gasteiger partial charge < -0.3 is 19.7 Å². The maximum Gasteiger partial charge on any atom is 0.254 e. The van der Waals surface area contributed by atoms with Crippen LogP contribution in [0.5, 0.6) is 5.75 Å². The van der Waals surface area contributed by atoms with Gasteiger partial charge in [-0.05, 0) is 25.5 Å². The minimum absolute atomic E-state index is 0.0977. The second-order valence-electron chi connectivity index (χ2n) is 5.91. The van der Waals surface area contributed by atoms with Crippen LogP contribution in [0.25, 0.3) is 0 Å². The number of aromatic nitrogens is 3. The highest BCUT2D eigenvalue weighted by Crippen LogP contribution is 2.28. The third kappa shape index (κ3) is 3.18. The number of amides is 1. The zero-order valence-electron chi connectivity index (χ0n) is 13.6. The van der Waals surface area contributed by atoms with Crippen LogP contribution >= 0.6 is 0 Å². The number of hydrogen-bond donors (Lipinski definition) is 2. The Morgan fingerprint density at radius 3 is 2.96 bits per heavy atom. The molecule has 1 aliphatic rings. The van der Waals surface area contributed by atoms with Gasteiger partial charge in [-0.25, -0.2) is 0 Å². The van der Waals surface area contributed by atoms with E-state index >= 15 is 0 Å². The van der Waals surface area contributed by atoms with Gasteiger partial charge in [0.05, 0.1) is 11.7 Å². The van der Waals surface area contributed by atoms with Crippen molar-refractivity contribution in [3.8, 4) is 5.75 Å². The first-order valence-corrected chi connectivity index (χ1v) is 7.75. The maximum atomic E-state index is 12.3. The summed E-state index contributed by atoms with van der Waals surface area (Å²) < 4.78 is 8.78. The molecule has 8 heteroatoms. The number of ether oxygens (including phenoxy) is 1. The van der Waals surface area contributed by atoms with E-state index in [-0.39, 0.29) is 30.3 Å². The van der Waals surface area contributed by atoms with Gasteiger partial charge in [0.1, 0.15) is 18.4 Å². The van der Waals surface area contributed by atoms with Gasteiger partial charge in [-0.15, -0.1) is 0 Å². The van der Waals surface area contributed by atoms with Gasteiger partial charge >= 0.3 is 0 Å². The molecule has 8 nitrogen and oxygen atoms in total. The van der Waals surface area contributed by atoms with Gasteiger partial charge in [-0.3, -0.25) is 14.3 Å². The Balaban J connectivity index is 1.71. The van der Waals surface area contributed by atoms with E-state index in [1.165, 1.54) is 10.6 Å². The molecule has 0 bridgehead atoms. The van der Waals surface area contributed by atoms with E-state index in [0.29, 0.717) is 18.7 Å². The first kappa shape index (κ1) is 16.3. The second kappa shape index (κ2) is 6.48. The molecule has 0 aliphatic carbocycles. The Morgan fingerprint density at radius 1 is 1.50 bits per heavy atom. The zero-order valence-corrected chi connectivity index (χ0v) is 13.6. The molecule has 0 unspecified atom stereocenters. The Bertz CT molecular complexity index is 811. The van der Waals surface area contributed by atoms with Crippen molar-refractivity contribution in [2.45, 2.75) is 32.0 Å². The largest absolute Gasteiger partial charge is 0.508 e. The number of aryl methyl sites for hydroxylation is 2. The van der Waals surface area contributed by atoms with E-state index < -0.39 is 5.56 Å². The summed E-state index contributed by atoms with van der Waals surface area (Å²) in [7, 11) is 1.83. The lowest BCUT2D eigenvalue weighted by Crippen LogP contribution is -2.41. The fourth-order valence-electron chi connectivity index (χ4n) is 3.00. The van der Waals surface area contributed by atoms with Crippen LogP contribution in [-0.4, -0.2) is 38.0 Å². The lowest BCUT2D eigenvalue weighted by Gasteiger charge is -2.20. The molecule has 2 aromatic heterocycles. The highest BCUT2D eigenvalue weighted by Gasteiger charge is 2.32. The minimum atomic E-state index is -0.409. The van der Waals surface area contributed by atoms with E-state index in [9.17, 15) is 14.7 Å². The van der Waals surface area contributed by atoms with Crippen molar-refractivity contribution in [2.75, 3.05) is 6.61 Å². The van der Waals surface area contributed by atoms with E-state index in [2.05, 4.69) is 10.4 Å². The molecular formula is C16H20N4O4. The van der Waals surface area contributed by atoms with Gasteiger partial charge in [0.25, 0.3) is 5.56 Å². The summed E-state index contributed by atoms with van der Waals surface area (Å²) in [6.45, 7) is 2.13. The van der Waals surface area contributed by atoms with Crippen molar-refractivity contribution in [2.24, 2.45) is 7.05 Å². The van der Waals surface area contributed by atoms with Crippen molar-refractivity contribution in [3.05, 3.63) is 46.1 Å². The summed E-state index contributed by atoms with van der Waals surface area (Å²) in [6, 6.07) is 4.24. The third-order valence-electron chi connectivity index (χ3n) is 4.21. The van der Waals surface area contributed by atoms with Crippen LogP contribution in [0.2, 0.25) is 0 Å². The topological polar surface area (TPSA) is 98.4 Å². The van der Waals surface area contributed by atoms with Crippen LogP contribution in [0.15, 0.2) is 29.2 Å². The molecular weight excluding hydrogens is 312 g/mol. The van der Waals surface area contributed by atoms with Crippen molar-refractivity contribution < 1.29 is 14.6 Å². The predicted molar refractivity (Wildman–Crippen MR) is 85.6 cm³/mol. The minimum Gasteiger partial charge on any atom is -0.508 e. The molecule has 24 heavy (non-hydrogen) atoms. The molecule has 128 valence electrons. The Labute approximate surface area is 138 Å². The number of nitrogens with one attached hydrogen (secondary N) is 1. The van der Waals surface area contributed by atoms with E-state index in [4.69, 9.17) is 4.74 Å². The lowest BCUT2D eigenvalue weighted by atomic mass is 10.1. The normalized spacial score (nSPS) is 20.2. The van der Waals surface area contributed by atoms with Crippen LogP contribution < -0.4 is 10.9 Å². The molecule has 1 aliphatic heterocycles. The summed E-state index contributed by atoms with van der Waals surface area (Å²) in [5.41, 5.74) is 1.02. The van der Waals surface area contributed by atoms with Crippen LogP contribution in [0.3, 0.4) is 0 Å². The number of hydrogen-bond acceptors (Lipinski definition) is 5. The number of carbonyl (C=O) groups is 1. The molecule has 2 N–H and O–H groups in total. The van der Waals surface area contributed by atoms with E-state index in [1.54, 1.807) is 17.8 Å². The molecule has 2 aromatic rings. The molecule has 0 aromatic carbocycles. The molecule has 3 rings (SSSR count). The highest BCUT2D eigenvalue weighted by atomic mass is 16.5. The van der Waals surface area contributed by atoms with Crippen LogP contribution in [-0.2, 0) is 23.1 Å². The molecule has 3 heterocycles.